The van der Waals surface area contributed by atoms with E-state index in [1.165, 1.54) is 24.3 Å². The number of piperidine rings is 2. The van der Waals surface area contributed by atoms with Crippen LogP contribution in [0.2, 0.25) is 0 Å². The molecule has 4 aliphatic rings. The molecular weight excluding hydrogens is 1010 g/mol. The third-order valence-corrected chi connectivity index (χ3v) is 16.8. The fourth-order valence-electron chi connectivity index (χ4n) is 11.4. The van der Waals surface area contributed by atoms with Gasteiger partial charge in [0.25, 0.3) is 0 Å². The minimum atomic E-state index is -1.18. The minimum absolute atomic E-state index is 0.0772. The molecule has 4 N–H and O–H groups in total. The van der Waals surface area contributed by atoms with Gasteiger partial charge in [0.1, 0.15) is 34.5 Å². The lowest BCUT2D eigenvalue weighted by Gasteiger charge is -2.47. The third-order valence-electron chi connectivity index (χ3n) is 15.8. The predicted molar refractivity (Wildman–Crippen MR) is 298 cm³/mol. The first-order valence-corrected chi connectivity index (χ1v) is 27.9. The van der Waals surface area contributed by atoms with Crippen LogP contribution in [0.4, 0.5) is 15.8 Å². The van der Waals surface area contributed by atoms with Crippen molar-refractivity contribution in [3.63, 3.8) is 0 Å². The van der Waals surface area contributed by atoms with Crippen molar-refractivity contribution < 1.29 is 42.9 Å². The van der Waals surface area contributed by atoms with Crippen LogP contribution < -0.4 is 25.4 Å². The molecule has 2 aromatic heterocycles. The molecule has 3 atom stereocenters. The van der Waals surface area contributed by atoms with Crippen molar-refractivity contribution in [1.29, 1.82) is 0 Å². The van der Waals surface area contributed by atoms with E-state index < -0.39 is 46.6 Å². The number of β-amino-alcohol motifs (C(OH)–C–C–N with tert-alkyl or cyclic N) is 1. The van der Waals surface area contributed by atoms with Gasteiger partial charge in [0.15, 0.2) is 0 Å². The van der Waals surface area contributed by atoms with Gasteiger partial charge >= 0.3 is 0 Å². The number of likely N-dealkylation sites (tertiary alicyclic amines) is 3. The van der Waals surface area contributed by atoms with Gasteiger partial charge in [-0.3, -0.25) is 29.1 Å². The van der Waals surface area contributed by atoms with Crippen LogP contribution in [0, 0.1) is 23.6 Å². The fourth-order valence-corrected chi connectivity index (χ4v) is 12.2. The summed E-state index contributed by atoms with van der Waals surface area (Å²) in [5.41, 5.74) is 5.83. The first kappa shape index (κ1) is 54.5. The van der Waals surface area contributed by atoms with Gasteiger partial charge in [-0.15, -0.1) is 11.3 Å². The maximum atomic E-state index is 14.6. The summed E-state index contributed by atoms with van der Waals surface area (Å²) in [6.07, 6.45) is 5.70. The first-order chi connectivity index (χ1) is 37.5. The van der Waals surface area contributed by atoms with Crippen molar-refractivity contribution in [1.82, 2.24) is 30.0 Å². The molecule has 1 aliphatic carbocycles. The summed E-state index contributed by atoms with van der Waals surface area (Å²) in [6.45, 7) is 12.4. The molecule has 78 heavy (non-hydrogen) atoms. The van der Waals surface area contributed by atoms with E-state index in [0.29, 0.717) is 60.7 Å². The number of pyridine rings is 1. The Morgan fingerprint density at radius 3 is 2.13 bits per heavy atom. The molecule has 18 heteroatoms. The van der Waals surface area contributed by atoms with Crippen LogP contribution in [0.15, 0.2) is 103 Å². The monoisotopic (exact) mass is 1080 g/mol. The summed E-state index contributed by atoms with van der Waals surface area (Å²) in [5.74, 6) is 0.188. The summed E-state index contributed by atoms with van der Waals surface area (Å²) < 4.78 is 32.1. The van der Waals surface area contributed by atoms with Crippen molar-refractivity contribution in [2.24, 2.45) is 10.8 Å². The smallest absolute Gasteiger partial charge is 0.243 e. The molecule has 0 spiro atoms. The Hall–Kier alpha value is -6.83. The maximum absolute atomic E-state index is 14.6. The Morgan fingerprint density at radius 1 is 0.846 bits per heavy atom. The van der Waals surface area contributed by atoms with Crippen molar-refractivity contribution in [3.8, 4) is 27.7 Å². The molecule has 0 bridgehead atoms. The zero-order valence-corrected chi connectivity index (χ0v) is 45.7. The number of hydrogen-bond acceptors (Lipinski definition) is 13. The number of benzene rings is 4. The Balaban J connectivity index is 0.687. The van der Waals surface area contributed by atoms with E-state index >= 15 is 0 Å². The lowest BCUT2D eigenvalue weighted by atomic mass is 9.83. The highest BCUT2D eigenvalue weighted by Gasteiger charge is 2.56. The fraction of sp³-hybridized carbons (Fsp3) is 0.433. The topological polar surface area (TPSA) is 188 Å². The lowest BCUT2D eigenvalue weighted by Crippen LogP contribution is -2.60. The Morgan fingerprint density at radius 2 is 1.51 bits per heavy atom. The number of amides is 4. The highest BCUT2D eigenvalue weighted by molar-refractivity contribution is 7.13. The predicted octanol–water partition coefficient (Wildman–Crippen LogP) is 9.10. The zero-order valence-electron chi connectivity index (χ0n) is 44.9. The normalized spacial score (nSPS) is 19.6. The van der Waals surface area contributed by atoms with Crippen LogP contribution in [0.3, 0.4) is 0 Å². The molecule has 3 saturated heterocycles. The highest BCUT2D eigenvalue weighted by atomic mass is 32.1. The Kier molecular flexibility index (Phi) is 16.3. The molecule has 410 valence electrons. The first-order valence-electron chi connectivity index (χ1n) is 27.0. The maximum Gasteiger partial charge on any atom is 0.243 e. The molecular formula is C60H69FN8O8S. The number of aliphatic hydroxyl groups excluding tert-OH is 1. The number of methoxy groups -OCH3 is 1. The number of carbonyl (C=O) groups excluding carboxylic acids is 4. The van der Waals surface area contributed by atoms with E-state index in [2.05, 4.69) is 56.5 Å². The van der Waals surface area contributed by atoms with Gasteiger partial charge in [-0.1, -0.05) is 45.0 Å². The molecule has 4 amide bonds. The second-order valence-electron chi connectivity index (χ2n) is 22.3. The number of anilines is 2. The van der Waals surface area contributed by atoms with Gasteiger partial charge in [-0.25, -0.2) is 9.37 Å². The minimum Gasteiger partial charge on any atom is -0.496 e. The van der Waals surface area contributed by atoms with Gasteiger partial charge < -0.3 is 45.1 Å². The molecule has 1 saturated carbocycles. The van der Waals surface area contributed by atoms with Crippen LogP contribution in [-0.4, -0.2) is 124 Å². The zero-order chi connectivity index (χ0) is 54.7. The van der Waals surface area contributed by atoms with Crippen LogP contribution in [0.25, 0.3) is 21.3 Å². The second kappa shape index (κ2) is 23.2. The van der Waals surface area contributed by atoms with Gasteiger partial charge in [0.2, 0.25) is 23.6 Å². The number of carbonyl (C=O) groups is 4. The average Bonchev–Trinajstić information content (AvgIpc) is 4.21. The van der Waals surface area contributed by atoms with Gasteiger partial charge in [0, 0.05) is 80.3 Å². The van der Waals surface area contributed by atoms with Crippen molar-refractivity contribution in [3.05, 3.63) is 125 Å². The number of aryl methyl sites for hydroxylation is 1. The van der Waals surface area contributed by atoms with E-state index in [-0.39, 0.29) is 30.9 Å². The number of fused-ring (bicyclic) bond motifs is 1. The third kappa shape index (κ3) is 12.2. The number of ether oxygens (including phenoxy) is 3. The SMILES string of the molecule is COc1cc2c(Oc3ccc(NC(=O)C4(C(=O)Nc5ccc(F)cc5)CC4)cc3)ccnc2cc1COC1CCN(C2CCN([C@H](C(=O)N3C[C@H](O)C[C@H]3C(=O)NCc3ccc(-c4scnc4C)cc3)C(C)(C)C)CC2)CC1. The van der Waals surface area contributed by atoms with E-state index in [1.54, 1.807) is 59.9 Å². The average molecular weight is 1080 g/mol. The number of hydrogen-bond donors (Lipinski definition) is 4. The number of aromatic nitrogens is 2. The number of halogens is 1. The Labute approximate surface area is 458 Å². The van der Waals surface area contributed by atoms with Crippen LogP contribution in [-0.2, 0) is 37.1 Å². The highest BCUT2D eigenvalue weighted by Crippen LogP contribution is 2.48. The summed E-state index contributed by atoms with van der Waals surface area (Å²) in [7, 11) is 1.64. The Bertz CT molecular complexity index is 3110. The summed E-state index contributed by atoms with van der Waals surface area (Å²) in [5, 5.41) is 20.2. The van der Waals surface area contributed by atoms with Crippen molar-refractivity contribution in [2.45, 2.75) is 116 Å². The number of thiazole rings is 1. The summed E-state index contributed by atoms with van der Waals surface area (Å²) in [4.78, 5) is 71.3. The second-order valence-corrected chi connectivity index (χ2v) is 23.1. The molecule has 10 rings (SSSR count). The van der Waals surface area contributed by atoms with Crippen LogP contribution >= 0.6 is 11.3 Å². The molecule has 4 fully saturated rings. The number of rotatable bonds is 17. The number of aliphatic hydroxyl groups is 1. The molecule has 3 aliphatic heterocycles. The molecule has 4 aromatic carbocycles. The molecule has 0 radical (unpaired) electrons. The largest absolute Gasteiger partial charge is 0.496 e. The number of nitrogens with zero attached hydrogens (tertiary/aromatic N) is 5. The summed E-state index contributed by atoms with van der Waals surface area (Å²) >= 11 is 1.60. The standard InChI is InChI=1S/C60H69FN8O8S/c1-37-53(78-36-64-37)39-8-6-38(7-9-39)33-63-55(71)50-31-45(70)34-69(50)56(72)54(59(2,3)4)68-26-19-44(20-27-68)67-28-21-46(22-29-67)76-35-40-30-49-48(32-52(40)75-5)51(18-25-62-49)77-47-16-14-43(15-17-47)66-58(74)60(23-24-60)57(73)65-42-12-10-41(61)11-13-42/h6-18,25,30,32,36,44-46,50,54,70H,19-24,26-29,31,33-35H2,1-5H3,(H,63,71)(H,65,73)(H,66,74)/t45-,50+,54-/m1/s1. The quantitative estimate of drug-likeness (QED) is 0.0636. The van der Waals surface area contributed by atoms with Crippen molar-refractivity contribution >= 4 is 57.2 Å². The van der Waals surface area contributed by atoms with Gasteiger partial charge in [-0.05, 0) is 129 Å². The molecule has 5 heterocycles. The van der Waals surface area contributed by atoms with E-state index in [9.17, 15) is 28.7 Å². The van der Waals surface area contributed by atoms with E-state index in [1.807, 2.05) is 48.8 Å². The lowest BCUT2D eigenvalue weighted by molar-refractivity contribution is -0.147. The number of nitrogens with one attached hydrogen (secondary N) is 3. The van der Waals surface area contributed by atoms with E-state index in [4.69, 9.17) is 14.2 Å². The van der Waals surface area contributed by atoms with Gasteiger partial charge in [-0.2, -0.15) is 0 Å². The van der Waals surface area contributed by atoms with E-state index in [0.717, 1.165) is 90.0 Å². The van der Waals surface area contributed by atoms with Gasteiger partial charge in [0.05, 0.1) is 53.6 Å². The van der Waals surface area contributed by atoms with Crippen molar-refractivity contribution in [2.75, 3.05) is 50.5 Å². The molecule has 6 aromatic rings. The molecule has 0 unspecified atom stereocenters. The van der Waals surface area contributed by atoms with Crippen LogP contribution in [0.1, 0.15) is 82.5 Å². The van der Waals surface area contributed by atoms with Crippen LogP contribution in [0.5, 0.6) is 17.2 Å². The molecule has 16 nitrogen and oxygen atoms in total. The summed E-state index contributed by atoms with van der Waals surface area (Å²) in [6, 6.07) is 25.3.